The normalized spacial score (nSPS) is 22.9. The smallest absolute Gasteiger partial charge is 0.0509 e. The molecule has 0 saturated carbocycles. The van der Waals surface area contributed by atoms with Crippen LogP contribution in [-0.2, 0) is 4.74 Å². The summed E-state index contributed by atoms with van der Waals surface area (Å²) in [5.74, 6) is 1.19. The molecule has 1 aliphatic heterocycles. The Labute approximate surface area is 117 Å². The van der Waals surface area contributed by atoms with Crippen LogP contribution >= 0.6 is 0 Å². The standard InChI is InChI=1S/C17H27NO/c1-3-11-18-17(16-10-7-12-19-13-16)14(2)15-8-5-4-6-9-15/h4-6,8-9,14,16-18H,3,7,10-13H2,1-2H3. The maximum Gasteiger partial charge on any atom is 0.0509 e. The van der Waals surface area contributed by atoms with Crippen molar-refractivity contribution in [1.82, 2.24) is 5.32 Å². The summed E-state index contributed by atoms with van der Waals surface area (Å²) in [6, 6.07) is 11.4. The maximum atomic E-state index is 5.69. The topological polar surface area (TPSA) is 21.3 Å². The number of hydrogen-bond acceptors (Lipinski definition) is 2. The zero-order chi connectivity index (χ0) is 13.5. The van der Waals surface area contributed by atoms with Crippen LogP contribution in [0.15, 0.2) is 30.3 Å². The number of ether oxygens (including phenoxy) is 1. The molecule has 106 valence electrons. The van der Waals surface area contributed by atoms with Gasteiger partial charge >= 0.3 is 0 Å². The average Bonchev–Trinajstić information content (AvgIpc) is 2.49. The van der Waals surface area contributed by atoms with E-state index in [4.69, 9.17) is 4.74 Å². The number of benzene rings is 1. The lowest BCUT2D eigenvalue weighted by Gasteiger charge is -2.35. The van der Waals surface area contributed by atoms with Gasteiger partial charge in [-0.15, -0.1) is 0 Å². The van der Waals surface area contributed by atoms with Crippen LogP contribution in [0.1, 0.15) is 44.6 Å². The van der Waals surface area contributed by atoms with Crippen LogP contribution in [0.4, 0.5) is 0 Å². The molecule has 1 saturated heterocycles. The molecule has 0 aromatic heterocycles. The molecule has 3 unspecified atom stereocenters. The Morgan fingerprint density at radius 3 is 2.74 bits per heavy atom. The molecule has 1 aliphatic rings. The van der Waals surface area contributed by atoms with Crippen LogP contribution in [0.25, 0.3) is 0 Å². The molecule has 0 aliphatic carbocycles. The van der Waals surface area contributed by atoms with E-state index in [9.17, 15) is 0 Å². The van der Waals surface area contributed by atoms with Crippen LogP contribution in [0, 0.1) is 5.92 Å². The molecule has 0 amide bonds. The van der Waals surface area contributed by atoms with Crippen molar-refractivity contribution < 1.29 is 4.74 Å². The van der Waals surface area contributed by atoms with Crippen LogP contribution in [0.3, 0.4) is 0 Å². The SMILES string of the molecule is CCCNC(C1CCCOC1)C(C)c1ccccc1. The Hall–Kier alpha value is -0.860. The fourth-order valence-corrected chi connectivity index (χ4v) is 3.08. The molecule has 1 N–H and O–H groups in total. The van der Waals surface area contributed by atoms with Crippen LogP contribution < -0.4 is 5.32 Å². The summed E-state index contributed by atoms with van der Waals surface area (Å²) >= 11 is 0. The summed E-state index contributed by atoms with van der Waals surface area (Å²) in [6.07, 6.45) is 3.68. The van der Waals surface area contributed by atoms with Crippen LogP contribution in [-0.4, -0.2) is 25.8 Å². The molecule has 19 heavy (non-hydrogen) atoms. The predicted octanol–water partition coefficient (Wildman–Crippen LogP) is 3.58. The molecule has 0 bridgehead atoms. The Kier molecular flexibility index (Phi) is 5.87. The lowest BCUT2D eigenvalue weighted by atomic mass is 9.82. The quantitative estimate of drug-likeness (QED) is 0.845. The van der Waals surface area contributed by atoms with Gasteiger partial charge in [-0.05, 0) is 43.2 Å². The Morgan fingerprint density at radius 1 is 1.32 bits per heavy atom. The molecule has 1 heterocycles. The van der Waals surface area contributed by atoms with Crippen molar-refractivity contribution in [2.75, 3.05) is 19.8 Å². The van der Waals surface area contributed by atoms with Crippen molar-refractivity contribution in [3.05, 3.63) is 35.9 Å². The second-order valence-electron chi connectivity index (χ2n) is 5.66. The van der Waals surface area contributed by atoms with Crippen molar-refractivity contribution in [2.45, 2.75) is 45.1 Å². The van der Waals surface area contributed by atoms with E-state index in [1.807, 2.05) is 0 Å². The molecule has 2 heteroatoms. The molecule has 0 radical (unpaired) electrons. The fraction of sp³-hybridized carbons (Fsp3) is 0.647. The number of hydrogen-bond donors (Lipinski definition) is 1. The summed E-state index contributed by atoms with van der Waals surface area (Å²) in [6.45, 7) is 7.53. The average molecular weight is 261 g/mol. The lowest BCUT2D eigenvalue weighted by Crippen LogP contribution is -2.44. The zero-order valence-corrected chi connectivity index (χ0v) is 12.3. The highest BCUT2D eigenvalue weighted by Gasteiger charge is 2.28. The minimum absolute atomic E-state index is 0.530. The van der Waals surface area contributed by atoms with E-state index in [2.05, 4.69) is 49.5 Å². The first-order valence-electron chi connectivity index (χ1n) is 7.69. The van der Waals surface area contributed by atoms with Gasteiger partial charge in [-0.2, -0.15) is 0 Å². The highest BCUT2D eigenvalue weighted by molar-refractivity contribution is 5.21. The van der Waals surface area contributed by atoms with Gasteiger partial charge in [0.05, 0.1) is 6.61 Å². The molecule has 2 nitrogen and oxygen atoms in total. The van der Waals surface area contributed by atoms with Crippen molar-refractivity contribution in [3.8, 4) is 0 Å². The Bertz CT molecular complexity index is 346. The first-order valence-corrected chi connectivity index (χ1v) is 7.69. The summed E-state index contributed by atoms with van der Waals surface area (Å²) in [5.41, 5.74) is 1.43. The van der Waals surface area contributed by atoms with Gasteiger partial charge in [0.15, 0.2) is 0 Å². The van der Waals surface area contributed by atoms with Crippen molar-refractivity contribution in [2.24, 2.45) is 5.92 Å². The molecule has 1 aromatic rings. The molecule has 0 spiro atoms. The van der Waals surface area contributed by atoms with E-state index in [-0.39, 0.29) is 0 Å². The van der Waals surface area contributed by atoms with Gasteiger partial charge in [0.1, 0.15) is 0 Å². The molecule has 1 aromatic carbocycles. The first-order chi connectivity index (χ1) is 9.33. The van der Waals surface area contributed by atoms with E-state index in [1.165, 1.54) is 24.8 Å². The van der Waals surface area contributed by atoms with Crippen molar-refractivity contribution >= 4 is 0 Å². The second kappa shape index (κ2) is 7.66. The van der Waals surface area contributed by atoms with Gasteiger partial charge in [-0.25, -0.2) is 0 Å². The van der Waals surface area contributed by atoms with Gasteiger partial charge in [0, 0.05) is 12.6 Å². The second-order valence-corrected chi connectivity index (χ2v) is 5.66. The van der Waals surface area contributed by atoms with Crippen LogP contribution in [0.5, 0.6) is 0 Å². The molecule has 2 rings (SSSR count). The fourth-order valence-electron chi connectivity index (χ4n) is 3.08. The van der Waals surface area contributed by atoms with E-state index < -0.39 is 0 Å². The molecule has 3 atom stereocenters. The van der Waals surface area contributed by atoms with Gasteiger partial charge in [-0.1, -0.05) is 44.2 Å². The Morgan fingerprint density at radius 2 is 2.11 bits per heavy atom. The summed E-state index contributed by atoms with van der Waals surface area (Å²) < 4.78 is 5.69. The van der Waals surface area contributed by atoms with E-state index in [0.29, 0.717) is 17.9 Å². The molecule has 1 fully saturated rings. The number of rotatable bonds is 6. The largest absolute Gasteiger partial charge is 0.381 e. The van der Waals surface area contributed by atoms with Crippen molar-refractivity contribution in [3.63, 3.8) is 0 Å². The van der Waals surface area contributed by atoms with Gasteiger partial charge < -0.3 is 10.1 Å². The van der Waals surface area contributed by atoms with E-state index in [0.717, 1.165) is 19.8 Å². The third-order valence-corrected chi connectivity index (χ3v) is 4.20. The summed E-state index contributed by atoms with van der Waals surface area (Å²) in [7, 11) is 0. The van der Waals surface area contributed by atoms with E-state index >= 15 is 0 Å². The Balaban J connectivity index is 2.07. The highest BCUT2D eigenvalue weighted by atomic mass is 16.5. The lowest BCUT2D eigenvalue weighted by molar-refractivity contribution is 0.0356. The first kappa shape index (κ1) is 14.5. The molecular formula is C17H27NO. The maximum absolute atomic E-state index is 5.69. The predicted molar refractivity (Wildman–Crippen MR) is 80.5 cm³/mol. The van der Waals surface area contributed by atoms with Crippen molar-refractivity contribution in [1.29, 1.82) is 0 Å². The minimum atomic E-state index is 0.530. The number of nitrogens with one attached hydrogen (secondary N) is 1. The molecular weight excluding hydrogens is 234 g/mol. The summed E-state index contributed by atoms with van der Waals surface area (Å²) in [5, 5.41) is 3.76. The summed E-state index contributed by atoms with van der Waals surface area (Å²) in [4.78, 5) is 0. The minimum Gasteiger partial charge on any atom is -0.381 e. The third-order valence-electron chi connectivity index (χ3n) is 4.20. The van der Waals surface area contributed by atoms with Gasteiger partial charge in [0.25, 0.3) is 0 Å². The van der Waals surface area contributed by atoms with E-state index in [1.54, 1.807) is 0 Å². The third kappa shape index (κ3) is 4.05. The zero-order valence-electron chi connectivity index (χ0n) is 12.3. The van der Waals surface area contributed by atoms with Crippen LogP contribution in [0.2, 0.25) is 0 Å². The monoisotopic (exact) mass is 261 g/mol. The van der Waals surface area contributed by atoms with Gasteiger partial charge in [0.2, 0.25) is 0 Å². The van der Waals surface area contributed by atoms with Gasteiger partial charge in [-0.3, -0.25) is 0 Å². The highest BCUT2D eigenvalue weighted by Crippen LogP contribution is 2.28.